The van der Waals surface area contributed by atoms with E-state index in [4.69, 9.17) is 4.74 Å². The number of hydrogen-bond acceptors (Lipinski definition) is 8. The maximum absolute atomic E-state index is 12.4. The van der Waals surface area contributed by atoms with Gasteiger partial charge in [-0.05, 0) is 29.5 Å². The lowest BCUT2D eigenvalue weighted by atomic mass is 10.2. The Kier molecular flexibility index (Phi) is 5.32. The molecule has 0 bridgehead atoms. The third-order valence-electron chi connectivity index (χ3n) is 3.54. The first-order chi connectivity index (χ1) is 12.6. The average Bonchev–Trinajstić information content (AvgIpc) is 3.32. The number of ether oxygens (including phenoxy) is 1. The smallest absolute Gasteiger partial charge is 0.340 e. The molecular weight excluding hydrogens is 356 g/mol. The van der Waals surface area contributed by atoms with Gasteiger partial charge >= 0.3 is 5.97 Å². The van der Waals surface area contributed by atoms with E-state index in [9.17, 15) is 9.59 Å². The fourth-order valence-electron chi connectivity index (χ4n) is 2.31. The van der Waals surface area contributed by atoms with Gasteiger partial charge in [-0.15, -0.1) is 16.4 Å². The van der Waals surface area contributed by atoms with E-state index in [1.807, 2.05) is 6.92 Å². The summed E-state index contributed by atoms with van der Waals surface area (Å²) in [6.45, 7) is 3.90. The van der Waals surface area contributed by atoms with Crippen LogP contribution in [0, 0.1) is 0 Å². The number of benzene rings is 1. The summed E-state index contributed by atoms with van der Waals surface area (Å²) in [5.74, 6) is -0.592. The summed E-state index contributed by atoms with van der Waals surface area (Å²) < 4.78 is 6.75. The molecule has 0 radical (unpaired) electrons. The van der Waals surface area contributed by atoms with Crippen LogP contribution in [-0.4, -0.2) is 43.6 Å². The molecule has 0 atom stereocenters. The summed E-state index contributed by atoms with van der Waals surface area (Å²) in [4.78, 5) is 29.9. The van der Waals surface area contributed by atoms with Crippen LogP contribution in [-0.2, 0) is 16.1 Å². The summed E-state index contributed by atoms with van der Waals surface area (Å²) in [5.41, 5.74) is 1.45. The predicted molar refractivity (Wildman–Crippen MR) is 94.1 cm³/mol. The molecule has 10 heteroatoms. The van der Waals surface area contributed by atoms with E-state index in [0.717, 1.165) is 0 Å². The average molecular weight is 372 g/mol. The number of tetrazole rings is 1. The van der Waals surface area contributed by atoms with Crippen molar-refractivity contribution in [2.24, 2.45) is 0 Å². The highest BCUT2D eigenvalue weighted by atomic mass is 32.1. The van der Waals surface area contributed by atoms with Crippen molar-refractivity contribution < 1.29 is 14.3 Å². The molecule has 2 heterocycles. The number of rotatable bonds is 6. The third kappa shape index (κ3) is 3.75. The first-order valence-corrected chi connectivity index (χ1v) is 8.70. The van der Waals surface area contributed by atoms with E-state index in [1.165, 1.54) is 29.3 Å². The monoisotopic (exact) mass is 372 g/mol. The minimum atomic E-state index is -0.510. The van der Waals surface area contributed by atoms with E-state index in [1.54, 1.807) is 34.5 Å². The number of anilines is 1. The molecule has 0 aliphatic carbocycles. The van der Waals surface area contributed by atoms with Gasteiger partial charge in [0.15, 0.2) is 5.13 Å². The minimum Gasteiger partial charge on any atom is -0.455 e. The van der Waals surface area contributed by atoms with Crippen molar-refractivity contribution in [1.29, 1.82) is 0 Å². The number of amides is 1. The lowest BCUT2D eigenvalue weighted by molar-refractivity contribution is -0.116. The van der Waals surface area contributed by atoms with Gasteiger partial charge in [-0.25, -0.2) is 9.78 Å². The molecule has 0 spiro atoms. The highest BCUT2D eigenvalue weighted by Crippen LogP contribution is 2.22. The van der Waals surface area contributed by atoms with Crippen LogP contribution in [0.25, 0.3) is 5.69 Å². The Balaban J connectivity index is 1.71. The lowest BCUT2D eigenvalue weighted by Gasteiger charge is -2.14. The summed E-state index contributed by atoms with van der Waals surface area (Å²) in [7, 11) is 0. The maximum Gasteiger partial charge on any atom is 0.340 e. The molecule has 134 valence electrons. The quantitative estimate of drug-likeness (QED) is 0.608. The number of thiazole rings is 1. The normalized spacial score (nSPS) is 10.5. The zero-order valence-corrected chi connectivity index (χ0v) is 15.0. The topological polar surface area (TPSA) is 103 Å². The van der Waals surface area contributed by atoms with Gasteiger partial charge in [0.2, 0.25) is 5.91 Å². The zero-order valence-electron chi connectivity index (χ0n) is 14.2. The Hall–Kier alpha value is -3.14. The van der Waals surface area contributed by atoms with Crippen LogP contribution in [0.2, 0.25) is 0 Å². The van der Waals surface area contributed by atoms with Gasteiger partial charge in [-0.1, -0.05) is 12.1 Å². The lowest BCUT2D eigenvalue weighted by Crippen LogP contribution is -2.27. The van der Waals surface area contributed by atoms with Crippen LogP contribution in [0.4, 0.5) is 5.13 Å². The Morgan fingerprint density at radius 2 is 2.12 bits per heavy atom. The number of carbonyl (C=O) groups excluding carboxylic acids is 2. The molecule has 3 aromatic rings. The van der Waals surface area contributed by atoms with Gasteiger partial charge in [0.05, 0.1) is 16.9 Å². The second-order valence-electron chi connectivity index (χ2n) is 5.23. The molecule has 0 fully saturated rings. The van der Waals surface area contributed by atoms with E-state index in [0.29, 0.717) is 28.6 Å². The van der Waals surface area contributed by atoms with Crippen molar-refractivity contribution in [3.05, 3.63) is 47.2 Å². The SMILES string of the molecule is CCN(C(C)=O)c1nc(COC(=O)c2ccccc2-n2cnnn2)cs1. The number of hydrogen-bond donors (Lipinski definition) is 0. The molecule has 0 aliphatic heterocycles. The van der Waals surface area contributed by atoms with Crippen molar-refractivity contribution >= 4 is 28.3 Å². The number of nitrogens with zero attached hydrogens (tertiary/aromatic N) is 6. The van der Waals surface area contributed by atoms with E-state index < -0.39 is 5.97 Å². The third-order valence-corrected chi connectivity index (χ3v) is 4.45. The van der Waals surface area contributed by atoms with Crippen molar-refractivity contribution in [2.45, 2.75) is 20.5 Å². The Bertz CT molecular complexity index is 908. The highest BCUT2D eigenvalue weighted by molar-refractivity contribution is 7.14. The summed E-state index contributed by atoms with van der Waals surface area (Å²) in [6, 6.07) is 6.87. The molecule has 1 amide bonds. The van der Waals surface area contributed by atoms with Crippen molar-refractivity contribution in [3.8, 4) is 5.69 Å². The van der Waals surface area contributed by atoms with Crippen molar-refractivity contribution in [3.63, 3.8) is 0 Å². The predicted octanol–water partition coefficient (Wildman–Crippen LogP) is 1.85. The molecule has 3 rings (SSSR count). The van der Waals surface area contributed by atoms with Gasteiger partial charge in [0.1, 0.15) is 12.9 Å². The molecule has 0 aliphatic rings. The van der Waals surface area contributed by atoms with Gasteiger partial charge in [-0.3, -0.25) is 9.69 Å². The standard InChI is InChI=1S/C16H16N6O3S/c1-3-21(11(2)23)16-18-12(9-26-16)8-25-15(24)13-6-4-5-7-14(13)22-10-17-19-20-22/h4-7,9-10H,3,8H2,1-2H3. The molecular formula is C16H16N6O3S. The molecule has 9 nitrogen and oxygen atoms in total. The number of esters is 1. The number of aromatic nitrogens is 5. The Morgan fingerprint density at radius 3 is 2.81 bits per heavy atom. The Morgan fingerprint density at radius 1 is 1.31 bits per heavy atom. The second kappa shape index (κ2) is 7.83. The molecule has 0 saturated carbocycles. The number of para-hydroxylation sites is 1. The molecule has 1 aromatic carbocycles. The largest absolute Gasteiger partial charge is 0.455 e. The molecule has 0 saturated heterocycles. The van der Waals surface area contributed by atoms with Crippen LogP contribution in [0.1, 0.15) is 29.9 Å². The summed E-state index contributed by atoms with van der Waals surface area (Å²) >= 11 is 1.33. The number of carbonyl (C=O) groups is 2. The van der Waals surface area contributed by atoms with Crippen molar-refractivity contribution in [2.75, 3.05) is 11.4 Å². The van der Waals surface area contributed by atoms with Crippen LogP contribution in [0.5, 0.6) is 0 Å². The van der Waals surface area contributed by atoms with Crippen LogP contribution < -0.4 is 4.90 Å². The van der Waals surface area contributed by atoms with Gasteiger partial charge in [-0.2, -0.15) is 4.68 Å². The van der Waals surface area contributed by atoms with Crippen LogP contribution in [0.3, 0.4) is 0 Å². The highest BCUT2D eigenvalue weighted by Gasteiger charge is 2.17. The fraction of sp³-hybridized carbons (Fsp3) is 0.250. The minimum absolute atomic E-state index is 0.00866. The molecule has 26 heavy (non-hydrogen) atoms. The van der Waals surface area contributed by atoms with E-state index in [-0.39, 0.29) is 12.5 Å². The van der Waals surface area contributed by atoms with Gasteiger partial charge in [0.25, 0.3) is 0 Å². The van der Waals surface area contributed by atoms with Gasteiger partial charge < -0.3 is 4.74 Å². The van der Waals surface area contributed by atoms with Gasteiger partial charge in [0, 0.05) is 18.8 Å². The molecule has 0 unspecified atom stereocenters. The fourth-order valence-corrected chi connectivity index (χ4v) is 3.23. The van der Waals surface area contributed by atoms with E-state index in [2.05, 4.69) is 20.5 Å². The molecule has 0 N–H and O–H groups in total. The van der Waals surface area contributed by atoms with Crippen molar-refractivity contribution in [1.82, 2.24) is 25.2 Å². The summed E-state index contributed by atoms with van der Waals surface area (Å²) in [5, 5.41) is 13.3. The first kappa shape index (κ1) is 17.7. The maximum atomic E-state index is 12.4. The zero-order chi connectivity index (χ0) is 18.5. The Labute approximate surface area is 153 Å². The van der Waals surface area contributed by atoms with Crippen LogP contribution >= 0.6 is 11.3 Å². The molecule has 2 aromatic heterocycles. The second-order valence-corrected chi connectivity index (χ2v) is 6.07. The first-order valence-electron chi connectivity index (χ1n) is 7.82. The summed E-state index contributed by atoms with van der Waals surface area (Å²) in [6.07, 6.45) is 1.40. The van der Waals surface area contributed by atoms with E-state index >= 15 is 0 Å². The van der Waals surface area contributed by atoms with Crippen LogP contribution in [0.15, 0.2) is 36.0 Å².